The Balaban J connectivity index is 1.90. The molecular formula is C16H23NO. The molecule has 1 fully saturated rings. The Labute approximate surface area is 110 Å². The molecule has 0 N–H and O–H groups in total. The lowest BCUT2D eigenvalue weighted by atomic mass is 10.1. The molecule has 0 saturated heterocycles. The van der Waals surface area contributed by atoms with Crippen molar-refractivity contribution in [3.8, 4) is 0 Å². The summed E-state index contributed by atoms with van der Waals surface area (Å²) in [7, 11) is 2.09. The van der Waals surface area contributed by atoms with Crippen molar-refractivity contribution >= 4 is 5.78 Å². The van der Waals surface area contributed by atoms with E-state index in [2.05, 4.69) is 11.9 Å². The van der Waals surface area contributed by atoms with Crippen LogP contribution in [0.3, 0.4) is 0 Å². The number of nitrogens with zero attached hydrogens (tertiary/aromatic N) is 1. The van der Waals surface area contributed by atoms with E-state index in [4.69, 9.17) is 0 Å². The second-order valence-electron chi connectivity index (χ2n) is 5.35. The van der Waals surface area contributed by atoms with Gasteiger partial charge < -0.3 is 0 Å². The molecular weight excluding hydrogens is 222 g/mol. The lowest BCUT2D eigenvalue weighted by Gasteiger charge is -2.26. The van der Waals surface area contributed by atoms with Gasteiger partial charge in [-0.25, -0.2) is 0 Å². The molecule has 98 valence electrons. The van der Waals surface area contributed by atoms with Crippen LogP contribution in [0.2, 0.25) is 0 Å². The van der Waals surface area contributed by atoms with Gasteiger partial charge in [0.2, 0.25) is 0 Å². The first kappa shape index (κ1) is 13.3. The molecule has 0 bridgehead atoms. The highest BCUT2D eigenvalue weighted by Crippen LogP contribution is 2.21. The van der Waals surface area contributed by atoms with Crippen LogP contribution in [0, 0.1) is 0 Å². The molecule has 0 aromatic heterocycles. The van der Waals surface area contributed by atoms with Gasteiger partial charge in [-0.05, 0) is 19.9 Å². The summed E-state index contributed by atoms with van der Waals surface area (Å²) in [6.07, 6.45) is 7.84. The van der Waals surface area contributed by atoms with E-state index in [9.17, 15) is 4.79 Å². The predicted molar refractivity (Wildman–Crippen MR) is 74.9 cm³/mol. The van der Waals surface area contributed by atoms with E-state index in [1.54, 1.807) is 0 Å². The van der Waals surface area contributed by atoms with E-state index >= 15 is 0 Å². The van der Waals surface area contributed by atoms with Gasteiger partial charge in [0.1, 0.15) is 0 Å². The van der Waals surface area contributed by atoms with Gasteiger partial charge >= 0.3 is 0 Å². The topological polar surface area (TPSA) is 20.3 Å². The highest BCUT2D eigenvalue weighted by atomic mass is 16.1. The molecule has 0 atom stereocenters. The van der Waals surface area contributed by atoms with Crippen LogP contribution >= 0.6 is 0 Å². The van der Waals surface area contributed by atoms with Crippen LogP contribution < -0.4 is 0 Å². The van der Waals surface area contributed by atoms with Crippen LogP contribution in [-0.4, -0.2) is 30.3 Å². The maximum absolute atomic E-state index is 12.1. The summed E-state index contributed by atoms with van der Waals surface area (Å²) in [5.41, 5.74) is 0.831. The minimum Gasteiger partial charge on any atom is -0.296 e. The Hall–Kier alpha value is -1.15. The molecule has 2 rings (SSSR count). The Morgan fingerprint density at radius 3 is 2.33 bits per heavy atom. The molecule has 0 radical (unpaired) electrons. The molecule has 18 heavy (non-hydrogen) atoms. The molecule has 0 spiro atoms. The van der Waals surface area contributed by atoms with E-state index in [1.807, 2.05) is 30.3 Å². The highest BCUT2D eigenvalue weighted by molar-refractivity contribution is 5.97. The van der Waals surface area contributed by atoms with Gasteiger partial charge in [0.25, 0.3) is 0 Å². The lowest BCUT2D eigenvalue weighted by Crippen LogP contribution is -2.35. The smallest absolute Gasteiger partial charge is 0.176 e. The Morgan fingerprint density at radius 1 is 1.11 bits per heavy atom. The van der Waals surface area contributed by atoms with Crippen molar-refractivity contribution in [3.63, 3.8) is 0 Å². The number of rotatable bonds is 4. The number of hydrogen-bond acceptors (Lipinski definition) is 2. The van der Waals surface area contributed by atoms with Gasteiger partial charge in [-0.3, -0.25) is 9.69 Å². The fourth-order valence-electron chi connectivity index (χ4n) is 2.77. The standard InChI is InChI=1S/C16H23NO/c1-17(15-11-7-2-3-8-12-15)13-16(18)14-9-5-4-6-10-14/h4-6,9-10,15H,2-3,7-8,11-13H2,1H3. The van der Waals surface area contributed by atoms with E-state index in [0.29, 0.717) is 12.6 Å². The van der Waals surface area contributed by atoms with Crippen molar-refractivity contribution < 1.29 is 4.79 Å². The number of benzene rings is 1. The Bertz CT molecular complexity index is 366. The van der Waals surface area contributed by atoms with Crippen LogP contribution in [-0.2, 0) is 0 Å². The number of likely N-dealkylation sites (N-methyl/N-ethyl adjacent to an activating group) is 1. The molecule has 1 aliphatic carbocycles. The summed E-state index contributed by atoms with van der Waals surface area (Å²) < 4.78 is 0. The van der Waals surface area contributed by atoms with Crippen molar-refractivity contribution in [2.75, 3.05) is 13.6 Å². The molecule has 0 amide bonds. The summed E-state index contributed by atoms with van der Waals surface area (Å²) >= 11 is 0. The van der Waals surface area contributed by atoms with Crippen LogP contribution in [0.4, 0.5) is 0 Å². The number of ketones is 1. The summed E-state index contributed by atoms with van der Waals surface area (Å²) in [6.45, 7) is 0.550. The predicted octanol–water partition coefficient (Wildman–Crippen LogP) is 3.52. The van der Waals surface area contributed by atoms with Crippen molar-refractivity contribution in [1.29, 1.82) is 0 Å². The lowest BCUT2D eigenvalue weighted by molar-refractivity contribution is 0.0912. The van der Waals surface area contributed by atoms with Crippen LogP contribution in [0.15, 0.2) is 30.3 Å². The molecule has 0 unspecified atom stereocenters. The fraction of sp³-hybridized carbons (Fsp3) is 0.562. The second-order valence-corrected chi connectivity index (χ2v) is 5.35. The van der Waals surface area contributed by atoms with Crippen LogP contribution in [0.5, 0.6) is 0 Å². The third-order valence-corrected chi connectivity index (χ3v) is 3.94. The minimum atomic E-state index is 0.238. The maximum Gasteiger partial charge on any atom is 0.176 e. The third-order valence-electron chi connectivity index (χ3n) is 3.94. The average Bonchev–Trinajstić information content (AvgIpc) is 2.68. The van der Waals surface area contributed by atoms with Crippen molar-refractivity contribution in [2.45, 2.75) is 44.6 Å². The van der Waals surface area contributed by atoms with E-state index in [1.165, 1.54) is 38.5 Å². The summed E-state index contributed by atoms with van der Waals surface area (Å²) in [6, 6.07) is 10.2. The quantitative estimate of drug-likeness (QED) is 0.597. The first-order valence-corrected chi connectivity index (χ1v) is 7.06. The van der Waals surface area contributed by atoms with Gasteiger partial charge in [-0.15, -0.1) is 0 Å². The zero-order valence-electron chi connectivity index (χ0n) is 11.3. The van der Waals surface area contributed by atoms with Crippen molar-refractivity contribution in [3.05, 3.63) is 35.9 Å². The molecule has 1 aliphatic rings. The fourth-order valence-corrected chi connectivity index (χ4v) is 2.77. The highest BCUT2D eigenvalue weighted by Gasteiger charge is 2.19. The van der Waals surface area contributed by atoms with Gasteiger partial charge in [0, 0.05) is 11.6 Å². The third kappa shape index (κ3) is 3.67. The van der Waals surface area contributed by atoms with Crippen molar-refractivity contribution in [2.24, 2.45) is 0 Å². The van der Waals surface area contributed by atoms with Crippen LogP contribution in [0.1, 0.15) is 48.9 Å². The normalized spacial score (nSPS) is 17.7. The molecule has 0 aliphatic heterocycles. The molecule has 1 aromatic rings. The van der Waals surface area contributed by atoms with Gasteiger partial charge in [-0.2, -0.15) is 0 Å². The first-order valence-electron chi connectivity index (χ1n) is 7.06. The van der Waals surface area contributed by atoms with E-state index < -0.39 is 0 Å². The Kier molecular flexibility index (Phi) is 4.94. The molecule has 1 saturated carbocycles. The average molecular weight is 245 g/mol. The Morgan fingerprint density at radius 2 is 1.72 bits per heavy atom. The van der Waals surface area contributed by atoms with E-state index in [0.717, 1.165) is 5.56 Å². The largest absolute Gasteiger partial charge is 0.296 e. The zero-order chi connectivity index (χ0) is 12.8. The monoisotopic (exact) mass is 245 g/mol. The summed E-state index contributed by atoms with van der Waals surface area (Å²) in [5.74, 6) is 0.238. The molecule has 2 heteroatoms. The van der Waals surface area contributed by atoms with Crippen molar-refractivity contribution in [1.82, 2.24) is 4.90 Å². The summed E-state index contributed by atoms with van der Waals surface area (Å²) in [5, 5.41) is 0. The maximum atomic E-state index is 12.1. The van der Waals surface area contributed by atoms with Gasteiger partial charge in [-0.1, -0.05) is 56.0 Å². The summed E-state index contributed by atoms with van der Waals surface area (Å²) in [4.78, 5) is 14.4. The number of carbonyl (C=O) groups excluding carboxylic acids is 1. The number of hydrogen-bond donors (Lipinski definition) is 0. The SMILES string of the molecule is CN(CC(=O)c1ccccc1)C1CCCCCC1. The van der Waals surface area contributed by atoms with Gasteiger partial charge in [0.15, 0.2) is 5.78 Å². The number of carbonyl (C=O) groups is 1. The molecule has 1 aromatic carbocycles. The minimum absolute atomic E-state index is 0.238. The number of Topliss-reactive ketones (excluding diaryl/α,β-unsaturated/α-hetero) is 1. The van der Waals surface area contributed by atoms with Gasteiger partial charge in [0.05, 0.1) is 6.54 Å². The second kappa shape index (κ2) is 6.69. The molecule has 2 nitrogen and oxygen atoms in total. The van der Waals surface area contributed by atoms with E-state index in [-0.39, 0.29) is 5.78 Å². The molecule has 0 heterocycles. The zero-order valence-corrected chi connectivity index (χ0v) is 11.3. The first-order chi connectivity index (χ1) is 8.77. The van der Waals surface area contributed by atoms with Crippen LogP contribution in [0.25, 0.3) is 0 Å².